The van der Waals surface area contributed by atoms with Crippen molar-refractivity contribution in [3.8, 4) is 0 Å². The van der Waals surface area contributed by atoms with Gasteiger partial charge in [0.2, 0.25) is 5.91 Å². The van der Waals surface area contributed by atoms with Crippen LogP contribution >= 0.6 is 11.8 Å². The first-order chi connectivity index (χ1) is 12.0. The van der Waals surface area contributed by atoms with Crippen molar-refractivity contribution in [1.29, 1.82) is 0 Å². The number of ether oxygens (including phenoxy) is 1. The first-order valence-corrected chi connectivity index (χ1v) is 8.84. The fourth-order valence-corrected chi connectivity index (χ4v) is 3.02. The van der Waals surface area contributed by atoms with Crippen LogP contribution < -0.4 is 16.0 Å². The number of carbonyl (C=O) groups excluding carboxylic acids is 4. The van der Waals surface area contributed by atoms with Gasteiger partial charge in [0.15, 0.2) is 6.61 Å². The molecule has 0 aromatic heterocycles. The molecule has 0 fully saturated rings. The van der Waals surface area contributed by atoms with Crippen molar-refractivity contribution in [3.05, 3.63) is 23.8 Å². The Hall–Kier alpha value is -2.55. The summed E-state index contributed by atoms with van der Waals surface area (Å²) in [7, 11) is 0. The van der Waals surface area contributed by atoms with E-state index in [1.807, 2.05) is 0 Å². The maximum atomic E-state index is 12.1. The van der Waals surface area contributed by atoms with E-state index in [1.54, 1.807) is 39.8 Å². The van der Waals surface area contributed by atoms with Crippen LogP contribution in [0.4, 0.5) is 10.5 Å². The van der Waals surface area contributed by atoms with Crippen molar-refractivity contribution in [2.75, 3.05) is 11.9 Å². The maximum Gasteiger partial charge on any atom is 0.338 e. The quantitative estimate of drug-likeness (QED) is 0.691. The molecule has 1 aliphatic rings. The van der Waals surface area contributed by atoms with Crippen LogP contribution in [-0.2, 0) is 14.3 Å². The molecule has 0 radical (unpaired) electrons. The van der Waals surface area contributed by atoms with Gasteiger partial charge in [-0.15, -0.1) is 11.8 Å². The van der Waals surface area contributed by atoms with Crippen molar-refractivity contribution < 1.29 is 23.9 Å². The van der Waals surface area contributed by atoms with Crippen LogP contribution in [0.2, 0.25) is 0 Å². The van der Waals surface area contributed by atoms with Gasteiger partial charge >= 0.3 is 12.0 Å². The van der Waals surface area contributed by atoms with Gasteiger partial charge < -0.3 is 15.4 Å². The summed E-state index contributed by atoms with van der Waals surface area (Å²) in [5, 5.41) is 7.15. The monoisotopic (exact) mass is 379 g/mol. The van der Waals surface area contributed by atoms with Crippen molar-refractivity contribution >= 4 is 41.3 Å². The predicted molar refractivity (Wildman–Crippen MR) is 97.1 cm³/mol. The van der Waals surface area contributed by atoms with E-state index < -0.39 is 30.1 Å². The standard InChI is InChI=1S/C17H21N3O5S/c1-9-14(22)18-11-7-10(5-6-12(11)26-9)15(23)25-8-13(21)19-16(24)20-17(2,3)4/h5-7,9H,8H2,1-4H3,(H,18,22)(H2,19,20,21,24). The third-order valence-electron chi connectivity index (χ3n) is 3.22. The Morgan fingerprint density at radius 1 is 1.27 bits per heavy atom. The van der Waals surface area contributed by atoms with Crippen molar-refractivity contribution in [2.45, 2.75) is 43.4 Å². The Kier molecular flexibility index (Phi) is 5.91. The van der Waals surface area contributed by atoms with E-state index >= 15 is 0 Å². The van der Waals surface area contributed by atoms with E-state index in [0.29, 0.717) is 5.69 Å². The average molecular weight is 379 g/mol. The van der Waals surface area contributed by atoms with E-state index in [2.05, 4.69) is 16.0 Å². The summed E-state index contributed by atoms with van der Waals surface area (Å²) >= 11 is 1.40. The highest BCUT2D eigenvalue weighted by Crippen LogP contribution is 2.35. The van der Waals surface area contributed by atoms with Crippen LogP contribution in [0.15, 0.2) is 23.1 Å². The Balaban J connectivity index is 1.90. The van der Waals surface area contributed by atoms with Crippen LogP contribution in [0.25, 0.3) is 0 Å². The molecule has 1 aromatic carbocycles. The van der Waals surface area contributed by atoms with Crippen LogP contribution in [0.3, 0.4) is 0 Å². The van der Waals surface area contributed by atoms with Gasteiger partial charge in [-0.1, -0.05) is 0 Å². The van der Waals surface area contributed by atoms with Gasteiger partial charge in [-0.2, -0.15) is 0 Å². The fraction of sp³-hybridized carbons (Fsp3) is 0.412. The zero-order chi connectivity index (χ0) is 19.5. The highest BCUT2D eigenvalue weighted by Gasteiger charge is 2.24. The van der Waals surface area contributed by atoms with Crippen LogP contribution in [-0.4, -0.2) is 41.2 Å². The number of amides is 4. The molecule has 1 aliphatic heterocycles. The molecule has 0 saturated heterocycles. The summed E-state index contributed by atoms with van der Waals surface area (Å²) < 4.78 is 4.91. The highest BCUT2D eigenvalue weighted by molar-refractivity contribution is 8.00. The molecule has 26 heavy (non-hydrogen) atoms. The molecule has 140 valence electrons. The summed E-state index contributed by atoms with van der Waals surface area (Å²) in [6, 6.07) is 4.10. The Bertz CT molecular complexity index is 757. The lowest BCUT2D eigenvalue weighted by atomic mass is 10.1. The molecule has 3 N–H and O–H groups in total. The first kappa shape index (κ1) is 19.8. The van der Waals surface area contributed by atoms with Gasteiger partial charge in [-0.25, -0.2) is 9.59 Å². The highest BCUT2D eigenvalue weighted by atomic mass is 32.2. The minimum atomic E-state index is -0.740. The molecular weight excluding hydrogens is 358 g/mol. The smallest absolute Gasteiger partial charge is 0.338 e. The summed E-state index contributed by atoms with van der Waals surface area (Å²) in [6.07, 6.45) is 0. The minimum absolute atomic E-state index is 0.141. The Morgan fingerprint density at radius 3 is 2.62 bits per heavy atom. The normalized spacial score (nSPS) is 16.2. The maximum absolute atomic E-state index is 12.1. The summed E-state index contributed by atoms with van der Waals surface area (Å²) in [5.41, 5.74) is 0.233. The predicted octanol–water partition coefficient (Wildman–Crippen LogP) is 1.90. The molecule has 8 nitrogen and oxygen atoms in total. The number of nitrogens with one attached hydrogen (secondary N) is 3. The first-order valence-electron chi connectivity index (χ1n) is 7.96. The molecule has 1 unspecified atom stereocenters. The number of benzene rings is 1. The molecule has 9 heteroatoms. The molecule has 4 amide bonds. The number of imide groups is 1. The number of carbonyl (C=O) groups is 4. The molecule has 0 bridgehead atoms. The number of hydrogen-bond donors (Lipinski definition) is 3. The molecular formula is C17H21N3O5S. The summed E-state index contributed by atoms with van der Waals surface area (Å²) in [6.45, 7) is 6.51. The SMILES string of the molecule is CC1Sc2ccc(C(=O)OCC(=O)NC(=O)NC(C)(C)C)cc2NC1=O. The largest absolute Gasteiger partial charge is 0.452 e. The number of anilines is 1. The molecule has 2 rings (SSSR count). The fourth-order valence-electron chi connectivity index (χ4n) is 2.08. The van der Waals surface area contributed by atoms with Gasteiger partial charge in [0.25, 0.3) is 5.91 Å². The van der Waals surface area contributed by atoms with E-state index in [1.165, 1.54) is 17.8 Å². The lowest BCUT2D eigenvalue weighted by molar-refractivity contribution is -0.123. The van der Waals surface area contributed by atoms with Crippen LogP contribution in [0.5, 0.6) is 0 Å². The van der Waals surface area contributed by atoms with Gasteiger partial charge in [-0.3, -0.25) is 14.9 Å². The number of thioether (sulfide) groups is 1. The summed E-state index contributed by atoms with van der Waals surface area (Å²) in [4.78, 5) is 47.9. The second-order valence-corrected chi connectivity index (χ2v) is 8.17. The zero-order valence-electron chi connectivity index (χ0n) is 15.0. The van der Waals surface area contributed by atoms with E-state index in [9.17, 15) is 19.2 Å². The Labute approximate surface area is 155 Å². The lowest BCUT2D eigenvalue weighted by Gasteiger charge is -2.21. The van der Waals surface area contributed by atoms with Gasteiger partial charge in [0, 0.05) is 10.4 Å². The van der Waals surface area contributed by atoms with Crippen molar-refractivity contribution in [3.63, 3.8) is 0 Å². The molecule has 0 spiro atoms. The molecule has 1 heterocycles. The van der Waals surface area contributed by atoms with Gasteiger partial charge in [0.05, 0.1) is 16.5 Å². The molecule has 0 saturated carbocycles. The number of rotatable bonds is 3. The minimum Gasteiger partial charge on any atom is -0.452 e. The second kappa shape index (κ2) is 7.77. The van der Waals surface area contributed by atoms with E-state index in [4.69, 9.17) is 4.74 Å². The van der Waals surface area contributed by atoms with Crippen molar-refractivity contribution in [1.82, 2.24) is 10.6 Å². The number of hydrogen-bond acceptors (Lipinski definition) is 6. The number of fused-ring (bicyclic) bond motifs is 1. The van der Waals surface area contributed by atoms with Crippen LogP contribution in [0, 0.1) is 0 Å². The van der Waals surface area contributed by atoms with Crippen LogP contribution in [0.1, 0.15) is 38.1 Å². The van der Waals surface area contributed by atoms with Crippen molar-refractivity contribution in [2.24, 2.45) is 0 Å². The second-order valence-electron chi connectivity index (χ2n) is 6.79. The van der Waals surface area contributed by atoms with E-state index in [0.717, 1.165) is 4.90 Å². The van der Waals surface area contributed by atoms with E-state index in [-0.39, 0.29) is 16.7 Å². The Morgan fingerprint density at radius 2 is 1.96 bits per heavy atom. The third kappa shape index (κ3) is 5.48. The number of esters is 1. The average Bonchev–Trinajstić information content (AvgIpc) is 2.51. The van der Waals surface area contributed by atoms with Gasteiger partial charge in [0.1, 0.15) is 0 Å². The molecule has 1 atom stereocenters. The van der Waals surface area contributed by atoms with Gasteiger partial charge in [-0.05, 0) is 45.9 Å². The summed E-state index contributed by atoms with van der Waals surface area (Å²) in [5.74, 6) is -1.61. The molecule has 1 aromatic rings. The molecule has 0 aliphatic carbocycles. The zero-order valence-corrected chi connectivity index (χ0v) is 15.8. The topological polar surface area (TPSA) is 114 Å². The lowest BCUT2D eigenvalue weighted by Crippen LogP contribution is -2.49. The third-order valence-corrected chi connectivity index (χ3v) is 4.40. The number of urea groups is 1.